The highest BCUT2D eigenvalue weighted by atomic mass is 35.5. The fourth-order valence-electron chi connectivity index (χ4n) is 4.02. The van der Waals surface area contributed by atoms with Gasteiger partial charge in [0.15, 0.2) is 0 Å². The first-order chi connectivity index (χ1) is 20.2. The summed E-state index contributed by atoms with van der Waals surface area (Å²) in [5.74, 6) is -0.0374. The lowest BCUT2D eigenvalue weighted by molar-refractivity contribution is 0.0954. The maximum Gasteiger partial charge on any atom is 0.271 e. The van der Waals surface area contributed by atoms with Crippen LogP contribution in [0.25, 0.3) is 0 Å². The Labute approximate surface area is 250 Å². The van der Waals surface area contributed by atoms with E-state index in [9.17, 15) is 17.6 Å². The molecule has 4 aromatic rings. The SMILES string of the molecule is CCCOc1ccc(/C(C)=N/NC(=O)c2ccc(CN(Cc3ccc(F)cc3)S(=O)(=O)c3ccc(Cl)cc3)cc2)cc1. The number of hydrazone groups is 1. The van der Waals surface area contributed by atoms with Crippen molar-refractivity contribution < 1.29 is 22.3 Å². The van der Waals surface area contributed by atoms with Crippen LogP contribution < -0.4 is 10.2 Å². The van der Waals surface area contributed by atoms with Gasteiger partial charge < -0.3 is 4.74 Å². The maximum atomic E-state index is 13.5. The number of benzene rings is 4. The van der Waals surface area contributed by atoms with Gasteiger partial charge in [0.25, 0.3) is 5.91 Å². The minimum Gasteiger partial charge on any atom is -0.494 e. The number of halogens is 2. The molecule has 42 heavy (non-hydrogen) atoms. The number of amides is 1. The number of ether oxygens (including phenoxy) is 1. The summed E-state index contributed by atoms with van der Waals surface area (Å²) in [6.07, 6.45) is 0.923. The first-order valence-electron chi connectivity index (χ1n) is 13.3. The number of hydrogen-bond donors (Lipinski definition) is 1. The van der Waals surface area contributed by atoms with Gasteiger partial charge in [0, 0.05) is 23.7 Å². The van der Waals surface area contributed by atoms with Crippen molar-refractivity contribution in [3.8, 4) is 5.75 Å². The normalized spacial score (nSPS) is 11.9. The van der Waals surface area contributed by atoms with E-state index in [1.54, 1.807) is 43.3 Å². The molecule has 0 atom stereocenters. The van der Waals surface area contributed by atoms with Gasteiger partial charge in [-0.2, -0.15) is 9.41 Å². The Balaban J connectivity index is 1.46. The van der Waals surface area contributed by atoms with Crippen LogP contribution in [0.2, 0.25) is 5.02 Å². The van der Waals surface area contributed by atoms with Crippen molar-refractivity contribution in [2.45, 2.75) is 38.3 Å². The zero-order chi connectivity index (χ0) is 30.1. The number of rotatable bonds is 12. The Morgan fingerprint density at radius 3 is 1.98 bits per heavy atom. The number of nitrogens with one attached hydrogen (secondary N) is 1. The molecule has 0 fully saturated rings. The van der Waals surface area contributed by atoms with Gasteiger partial charge in [0.2, 0.25) is 10.0 Å². The van der Waals surface area contributed by atoms with Gasteiger partial charge in [0.05, 0.1) is 17.2 Å². The fourth-order valence-corrected chi connectivity index (χ4v) is 5.56. The minimum atomic E-state index is -3.93. The van der Waals surface area contributed by atoms with Crippen molar-refractivity contribution >= 4 is 33.2 Å². The lowest BCUT2D eigenvalue weighted by atomic mass is 10.1. The summed E-state index contributed by atoms with van der Waals surface area (Å²) in [4.78, 5) is 12.8. The van der Waals surface area contributed by atoms with Crippen molar-refractivity contribution in [2.75, 3.05) is 6.61 Å². The van der Waals surface area contributed by atoms with Gasteiger partial charge in [-0.3, -0.25) is 4.79 Å². The second-order valence-electron chi connectivity index (χ2n) is 9.56. The molecule has 0 bridgehead atoms. The zero-order valence-electron chi connectivity index (χ0n) is 23.3. The van der Waals surface area contributed by atoms with E-state index in [1.807, 2.05) is 31.2 Å². The molecule has 0 aliphatic rings. The van der Waals surface area contributed by atoms with Crippen molar-refractivity contribution in [1.82, 2.24) is 9.73 Å². The second-order valence-corrected chi connectivity index (χ2v) is 11.9. The maximum absolute atomic E-state index is 13.5. The van der Waals surface area contributed by atoms with E-state index in [-0.39, 0.29) is 18.0 Å². The Morgan fingerprint density at radius 2 is 1.40 bits per heavy atom. The van der Waals surface area contributed by atoms with Crippen LogP contribution in [0, 0.1) is 5.82 Å². The highest BCUT2D eigenvalue weighted by Crippen LogP contribution is 2.23. The Morgan fingerprint density at radius 1 is 0.857 bits per heavy atom. The third-order valence-corrected chi connectivity index (χ3v) is 8.43. The van der Waals surface area contributed by atoms with E-state index in [2.05, 4.69) is 10.5 Å². The number of carbonyl (C=O) groups excluding carboxylic acids is 1. The van der Waals surface area contributed by atoms with Crippen LogP contribution in [0.5, 0.6) is 5.75 Å². The monoisotopic (exact) mass is 607 g/mol. The van der Waals surface area contributed by atoms with Crippen LogP contribution in [0.4, 0.5) is 4.39 Å². The van der Waals surface area contributed by atoms with E-state index in [0.29, 0.717) is 34.0 Å². The quantitative estimate of drug-likeness (QED) is 0.141. The fraction of sp³-hybridized carbons (Fsp3) is 0.188. The molecule has 1 N–H and O–H groups in total. The number of hydrogen-bond acceptors (Lipinski definition) is 5. The minimum absolute atomic E-state index is 0.0210. The molecule has 4 aromatic carbocycles. The molecule has 10 heteroatoms. The molecule has 0 heterocycles. The van der Waals surface area contributed by atoms with Crippen molar-refractivity contribution in [2.24, 2.45) is 5.10 Å². The van der Waals surface area contributed by atoms with Gasteiger partial charge in [-0.1, -0.05) is 42.8 Å². The highest BCUT2D eigenvalue weighted by Gasteiger charge is 2.25. The molecule has 0 radical (unpaired) electrons. The Hall–Kier alpha value is -4.05. The Kier molecular flexibility index (Phi) is 10.5. The van der Waals surface area contributed by atoms with E-state index in [1.165, 1.54) is 40.7 Å². The third kappa shape index (κ3) is 8.25. The van der Waals surface area contributed by atoms with Crippen LogP contribution in [0.3, 0.4) is 0 Å². The van der Waals surface area contributed by atoms with Gasteiger partial charge in [-0.05, 0) is 103 Å². The predicted molar refractivity (Wildman–Crippen MR) is 163 cm³/mol. The molecule has 0 aromatic heterocycles. The first kappa shape index (κ1) is 30.9. The summed E-state index contributed by atoms with van der Waals surface area (Å²) in [6, 6.07) is 25.7. The lowest BCUT2D eigenvalue weighted by Gasteiger charge is -2.23. The van der Waals surface area contributed by atoms with Crippen LogP contribution in [0.15, 0.2) is 107 Å². The summed E-state index contributed by atoms with van der Waals surface area (Å²) in [7, 11) is -3.93. The van der Waals surface area contributed by atoms with Gasteiger partial charge >= 0.3 is 0 Å². The van der Waals surface area contributed by atoms with Crippen LogP contribution in [0.1, 0.15) is 47.3 Å². The number of sulfonamides is 1. The van der Waals surface area contributed by atoms with E-state index >= 15 is 0 Å². The van der Waals surface area contributed by atoms with E-state index in [0.717, 1.165) is 17.7 Å². The molecular weight excluding hydrogens is 577 g/mol. The zero-order valence-corrected chi connectivity index (χ0v) is 24.8. The molecule has 1 amide bonds. The highest BCUT2D eigenvalue weighted by molar-refractivity contribution is 7.89. The number of carbonyl (C=O) groups is 1. The molecule has 0 saturated carbocycles. The first-order valence-corrected chi connectivity index (χ1v) is 15.1. The average molecular weight is 608 g/mol. The van der Waals surface area contributed by atoms with Crippen LogP contribution in [-0.2, 0) is 23.1 Å². The topological polar surface area (TPSA) is 88.1 Å². The smallest absolute Gasteiger partial charge is 0.271 e. The molecule has 0 unspecified atom stereocenters. The molecule has 7 nitrogen and oxygen atoms in total. The summed E-state index contributed by atoms with van der Waals surface area (Å²) in [6.45, 7) is 4.53. The van der Waals surface area contributed by atoms with Crippen LogP contribution >= 0.6 is 11.6 Å². The summed E-state index contributed by atoms with van der Waals surface area (Å²) in [5, 5.41) is 4.63. The molecule has 0 aliphatic carbocycles. The van der Waals surface area contributed by atoms with Gasteiger partial charge in [0.1, 0.15) is 11.6 Å². The van der Waals surface area contributed by atoms with Gasteiger partial charge in [-0.15, -0.1) is 0 Å². The molecule has 218 valence electrons. The molecular formula is C32H31ClFN3O4S. The molecule has 0 saturated heterocycles. The van der Waals surface area contributed by atoms with Crippen molar-refractivity contribution in [3.05, 3.63) is 130 Å². The largest absolute Gasteiger partial charge is 0.494 e. The number of nitrogens with zero attached hydrogens (tertiary/aromatic N) is 2. The van der Waals surface area contributed by atoms with Crippen molar-refractivity contribution in [1.29, 1.82) is 0 Å². The third-order valence-electron chi connectivity index (χ3n) is 6.37. The standard InChI is InChI=1S/C32H31ClFN3O4S/c1-3-20-41-30-16-10-26(11-17-30)23(2)35-36-32(38)27-8-4-24(5-9-27)21-37(22-25-6-14-29(34)15-7-25)42(39,40)31-18-12-28(33)13-19-31/h4-19H,3,20-22H2,1-2H3,(H,36,38)/b35-23+. The molecule has 4 rings (SSSR count). The van der Waals surface area contributed by atoms with Crippen LogP contribution in [-0.4, -0.2) is 30.9 Å². The van der Waals surface area contributed by atoms with E-state index in [4.69, 9.17) is 16.3 Å². The lowest BCUT2D eigenvalue weighted by Crippen LogP contribution is -2.30. The summed E-state index contributed by atoms with van der Waals surface area (Å²) < 4.78 is 47.4. The Bertz CT molecular complexity index is 1630. The predicted octanol–water partition coefficient (Wildman–Crippen LogP) is 6.81. The molecule has 0 aliphatic heterocycles. The second kappa shape index (κ2) is 14.2. The van der Waals surface area contributed by atoms with E-state index < -0.39 is 21.7 Å². The van der Waals surface area contributed by atoms with Gasteiger partial charge in [-0.25, -0.2) is 18.2 Å². The summed E-state index contributed by atoms with van der Waals surface area (Å²) >= 11 is 5.96. The average Bonchev–Trinajstić information content (AvgIpc) is 3.00. The van der Waals surface area contributed by atoms with Crippen molar-refractivity contribution in [3.63, 3.8) is 0 Å². The summed E-state index contributed by atoms with van der Waals surface area (Å²) in [5.41, 5.74) is 5.69. The molecule has 0 spiro atoms.